The second-order valence-corrected chi connectivity index (χ2v) is 5.18. The lowest BCUT2D eigenvalue weighted by Crippen LogP contribution is -2.36. The molecule has 0 radical (unpaired) electrons. The monoisotopic (exact) mass is 258 g/mol. The fourth-order valence-electron chi connectivity index (χ4n) is 2.54. The van der Waals surface area contributed by atoms with Gasteiger partial charge in [0.15, 0.2) is 0 Å². The molecule has 0 saturated carbocycles. The van der Waals surface area contributed by atoms with Crippen molar-refractivity contribution in [1.29, 1.82) is 5.26 Å². The number of hydrogen-bond acceptors (Lipinski definition) is 3. The molecule has 1 aromatic carbocycles. The molecule has 1 aliphatic rings. The van der Waals surface area contributed by atoms with Crippen molar-refractivity contribution in [2.75, 3.05) is 26.2 Å². The molecule has 0 aromatic heterocycles. The van der Waals surface area contributed by atoms with Gasteiger partial charge in [-0.2, -0.15) is 5.26 Å². The topological polar surface area (TPSA) is 36.3 Å². The molecule has 0 unspecified atom stereocenters. The molecule has 1 fully saturated rings. The van der Waals surface area contributed by atoms with Gasteiger partial charge in [-0.3, -0.25) is 4.90 Å². The summed E-state index contributed by atoms with van der Waals surface area (Å²) in [4.78, 5) is 2.48. The van der Waals surface area contributed by atoms with Crippen LogP contribution in [0.3, 0.4) is 0 Å². The Labute approximate surface area is 115 Å². The zero-order valence-electron chi connectivity index (χ0n) is 11.6. The minimum absolute atomic E-state index is 0.675. The minimum atomic E-state index is 0.675. The maximum absolute atomic E-state index is 8.72. The van der Waals surface area contributed by atoms with E-state index in [0.29, 0.717) is 5.56 Å². The molecule has 0 N–H and O–H groups in total. The summed E-state index contributed by atoms with van der Waals surface area (Å²) in [5, 5.41) is 8.72. The van der Waals surface area contributed by atoms with Crippen LogP contribution in [0.5, 0.6) is 5.75 Å². The number of nitriles is 1. The summed E-state index contributed by atoms with van der Waals surface area (Å²) < 4.78 is 5.71. The van der Waals surface area contributed by atoms with E-state index in [1.807, 2.05) is 12.1 Å². The SMILES string of the molecule is CCC1CCN(CCOc2ccc(C#N)cc2)CC1. The smallest absolute Gasteiger partial charge is 0.119 e. The Morgan fingerprint density at radius 1 is 1.26 bits per heavy atom. The number of hydrogen-bond donors (Lipinski definition) is 0. The van der Waals surface area contributed by atoms with Crippen LogP contribution in [0.4, 0.5) is 0 Å². The second kappa shape index (κ2) is 7.16. The Morgan fingerprint density at radius 2 is 1.95 bits per heavy atom. The van der Waals surface area contributed by atoms with Crippen LogP contribution in [0.1, 0.15) is 31.7 Å². The Kier molecular flexibility index (Phi) is 5.23. The fraction of sp³-hybridized carbons (Fsp3) is 0.562. The highest BCUT2D eigenvalue weighted by atomic mass is 16.5. The minimum Gasteiger partial charge on any atom is -0.492 e. The molecule has 3 heteroatoms. The Hall–Kier alpha value is -1.53. The van der Waals surface area contributed by atoms with Crippen molar-refractivity contribution in [3.05, 3.63) is 29.8 Å². The van der Waals surface area contributed by atoms with Crippen molar-refractivity contribution in [2.45, 2.75) is 26.2 Å². The van der Waals surface area contributed by atoms with Crippen LogP contribution in [-0.2, 0) is 0 Å². The van der Waals surface area contributed by atoms with Crippen LogP contribution >= 0.6 is 0 Å². The van der Waals surface area contributed by atoms with Crippen LogP contribution in [0.2, 0.25) is 0 Å². The van der Waals surface area contributed by atoms with Crippen molar-refractivity contribution in [3.63, 3.8) is 0 Å². The molecular weight excluding hydrogens is 236 g/mol. The summed E-state index contributed by atoms with van der Waals surface area (Å²) in [6, 6.07) is 9.42. The van der Waals surface area contributed by atoms with Crippen LogP contribution in [0.25, 0.3) is 0 Å². The first-order chi connectivity index (χ1) is 9.31. The average Bonchev–Trinajstić information content (AvgIpc) is 2.49. The van der Waals surface area contributed by atoms with Crippen LogP contribution in [-0.4, -0.2) is 31.1 Å². The summed E-state index contributed by atoms with van der Waals surface area (Å²) in [7, 11) is 0. The van der Waals surface area contributed by atoms with Crippen LogP contribution in [0.15, 0.2) is 24.3 Å². The van der Waals surface area contributed by atoms with Gasteiger partial charge < -0.3 is 4.74 Å². The molecule has 2 rings (SSSR count). The molecule has 19 heavy (non-hydrogen) atoms. The largest absolute Gasteiger partial charge is 0.492 e. The summed E-state index contributed by atoms with van der Waals surface area (Å²) >= 11 is 0. The highest BCUT2D eigenvalue weighted by Crippen LogP contribution is 2.19. The van der Waals surface area contributed by atoms with E-state index < -0.39 is 0 Å². The Balaban J connectivity index is 1.68. The average molecular weight is 258 g/mol. The molecular formula is C16H22N2O. The zero-order valence-corrected chi connectivity index (χ0v) is 11.6. The van der Waals surface area contributed by atoms with Gasteiger partial charge in [-0.15, -0.1) is 0 Å². The predicted molar refractivity (Wildman–Crippen MR) is 76.1 cm³/mol. The van der Waals surface area contributed by atoms with E-state index in [4.69, 9.17) is 10.00 Å². The van der Waals surface area contributed by atoms with Gasteiger partial charge in [0.2, 0.25) is 0 Å². The predicted octanol–water partition coefficient (Wildman–Crippen LogP) is 3.06. The Bertz CT molecular complexity index is 413. The van der Waals surface area contributed by atoms with E-state index in [-0.39, 0.29) is 0 Å². The summed E-state index contributed by atoms with van der Waals surface area (Å²) in [5.41, 5.74) is 0.675. The van der Waals surface area contributed by atoms with E-state index in [0.717, 1.165) is 24.8 Å². The lowest BCUT2D eigenvalue weighted by atomic mass is 9.94. The van der Waals surface area contributed by atoms with Crippen molar-refractivity contribution >= 4 is 0 Å². The van der Waals surface area contributed by atoms with E-state index in [2.05, 4.69) is 17.9 Å². The van der Waals surface area contributed by atoms with Crippen molar-refractivity contribution < 1.29 is 4.74 Å². The number of likely N-dealkylation sites (tertiary alicyclic amines) is 1. The van der Waals surface area contributed by atoms with Crippen LogP contribution in [0, 0.1) is 17.2 Å². The quantitative estimate of drug-likeness (QED) is 0.814. The molecule has 1 aliphatic heterocycles. The van der Waals surface area contributed by atoms with Gasteiger partial charge in [-0.1, -0.05) is 13.3 Å². The lowest BCUT2D eigenvalue weighted by Gasteiger charge is -2.31. The van der Waals surface area contributed by atoms with Crippen molar-refractivity contribution in [1.82, 2.24) is 4.90 Å². The number of ether oxygens (including phenoxy) is 1. The molecule has 1 saturated heterocycles. The lowest BCUT2D eigenvalue weighted by molar-refractivity contribution is 0.153. The highest BCUT2D eigenvalue weighted by molar-refractivity contribution is 5.34. The zero-order chi connectivity index (χ0) is 13.5. The van der Waals surface area contributed by atoms with E-state index in [1.165, 1.54) is 32.4 Å². The maximum Gasteiger partial charge on any atom is 0.119 e. The number of benzene rings is 1. The molecule has 3 nitrogen and oxygen atoms in total. The molecule has 1 aromatic rings. The molecule has 102 valence electrons. The standard InChI is InChI=1S/C16H22N2O/c1-2-14-7-9-18(10-8-14)11-12-19-16-5-3-15(13-17)4-6-16/h3-6,14H,2,7-12H2,1H3. The van der Waals surface area contributed by atoms with Crippen molar-refractivity contribution in [3.8, 4) is 11.8 Å². The van der Waals surface area contributed by atoms with Crippen LogP contribution < -0.4 is 4.74 Å². The first-order valence-corrected chi connectivity index (χ1v) is 7.17. The van der Waals surface area contributed by atoms with Gasteiger partial charge in [0.25, 0.3) is 0 Å². The van der Waals surface area contributed by atoms with Gasteiger partial charge in [-0.05, 0) is 56.1 Å². The summed E-state index contributed by atoms with van der Waals surface area (Å²) in [5.74, 6) is 1.78. The fourth-order valence-corrected chi connectivity index (χ4v) is 2.54. The Morgan fingerprint density at radius 3 is 2.53 bits per heavy atom. The normalized spacial score (nSPS) is 17.1. The number of rotatable bonds is 5. The van der Waals surface area contributed by atoms with E-state index in [9.17, 15) is 0 Å². The number of piperidine rings is 1. The maximum atomic E-state index is 8.72. The molecule has 0 spiro atoms. The summed E-state index contributed by atoms with van der Waals surface area (Å²) in [6.45, 7) is 6.41. The third-order valence-corrected chi connectivity index (χ3v) is 3.94. The third kappa shape index (κ3) is 4.25. The van der Waals surface area contributed by atoms with Gasteiger partial charge in [0, 0.05) is 6.54 Å². The van der Waals surface area contributed by atoms with Crippen molar-refractivity contribution in [2.24, 2.45) is 5.92 Å². The van der Waals surface area contributed by atoms with E-state index >= 15 is 0 Å². The molecule has 0 atom stereocenters. The number of nitrogens with zero attached hydrogens (tertiary/aromatic N) is 2. The molecule has 0 amide bonds. The molecule has 0 bridgehead atoms. The molecule has 1 heterocycles. The molecule has 0 aliphatic carbocycles. The van der Waals surface area contributed by atoms with Gasteiger partial charge in [0.05, 0.1) is 11.6 Å². The first-order valence-electron chi connectivity index (χ1n) is 7.17. The third-order valence-electron chi connectivity index (χ3n) is 3.94. The van der Waals surface area contributed by atoms with E-state index in [1.54, 1.807) is 12.1 Å². The highest BCUT2D eigenvalue weighted by Gasteiger charge is 2.17. The summed E-state index contributed by atoms with van der Waals surface area (Å²) in [6.07, 6.45) is 3.97. The van der Waals surface area contributed by atoms with Gasteiger partial charge in [-0.25, -0.2) is 0 Å². The first kappa shape index (κ1) is 13.9. The second-order valence-electron chi connectivity index (χ2n) is 5.18. The van der Waals surface area contributed by atoms with Gasteiger partial charge in [0.1, 0.15) is 12.4 Å². The van der Waals surface area contributed by atoms with Gasteiger partial charge >= 0.3 is 0 Å².